The van der Waals surface area contributed by atoms with Gasteiger partial charge in [-0.25, -0.2) is 17.5 Å². The Morgan fingerprint density at radius 1 is 1.00 bits per heavy atom. The summed E-state index contributed by atoms with van der Waals surface area (Å²) in [6.45, 7) is 7.11. The van der Waals surface area contributed by atoms with E-state index in [0.717, 1.165) is 22.3 Å². The number of urea groups is 1. The van der Waals surface area contributed by atoms with Crippen LogP contribution in [0.5, 0.6) is 5.75 Å². The molecule has 0 aromatic heterocycles. The standard InChI is InChI=1S/C24H27Cl3N2O5S/c1-23(2,17-12-18(26)20(19(27)13-17)34-11-10-25)16-8-6-15(7-9-16)14-28-21(30)24(3,4)29(22(28)31)35(5,32)33/h6-9,12-13H,10-11,14H2,1-5H3. The van der Waals surface area contributed by atoms with Crippen LogP contribution in [0, 0.1) is 0 Å². The van der Waals surface area contributed by atoms with Gasteiger partial charge in [-0.1, -0.05) is 61.3 Å². The smallest absolute Gasteiger partial charge is 0.341 e. The van der Waals surface area contributed by atoms with E-state index in [1.807, 2.05) is 26.0 Å². The van der Waals surface area contributed by atoms with Gasteiger partial charge in [0.1, 0.15) is 12.1 Å². The molecule has 0 bridgehead atoms. The molecule has 35 heavy (non-hydrogen) atoms. The monoisotopic (exact) mass is 560 g/mol. The Balaban J connectivity index is 1.85. The molecule has 0 saturated carbocycles. The fraction of sp³-hybridized carbons (Fsp3) is 0.417. The number of benzene rings is 2. The fourth-order valence-corrected chi connectivity index (χ4v) is 6.09. The lowest BCUT2D eigenvalue weighted by atomic mass is 9.78. The SMILES string of the molecule is CC(C)(c1ccc(CN2C(=O)N(S(C)(=O)=O)C(C)(C)C2=O)cc1)c1cc(Cl)c(OCCCl)c(Cl)c1. The van der Waals surface area contributed by atoms with Crippen LogP contribution in [0.1, 0.15) is 44.4 Å². The van der Waals surface area contributed by atoms with Crippen LogP contribution >= 0.6 is 34.8 Å². The highest BCUT2D eigenvalue weighted by atomic mass is 35.5. The van der Waals surface area contributed by atoms with Crippen LogP contribution in [0.25, 0.3) is 0 Å². The van der Waals surface area contributed by atoms with Gasteiger partial charge in [0.25, 0.3) is 5.91 Å². The predicted molar refractivity (Wildman–Crippen MR) is 138 cm³/mol. The minimum atomic E-state index is -3.91. The van der Waals surface area contributed by atoms with Crippen LogP contribution in [0.2, 0.25) is 10.0 Å². The first-order chi connectivity index (χ1) is 16.1. The maximum Gasteiger partial charge on any atom is 0.341 e. The number of hydrogen-bond acceptors (Lipinski definition) is 5. The van der Waals surface area contributed by atoms with Crippen molar-refractivity contribution in [1.82, 2.24) is 9.21 Å². The zero-order chi connectivity index (χ0) is 26.3. The molecule has 0 aliphatic carbocycles. The second-order valence-corrected chi connectivity index (χ2v) is 12.4. The molecular formula is C24H27Cl3N2O5S. The van der Waals surface area contributed by atoms with Crippen molar-refractivity contribution < 1.29 is 22.7 Å². The minimum absolute atomic E-state index is 0.0436. The van der Waals surface area contributed by atoms with Crippen molar-refractivity contribution in [2.45, 2.75) is 45.2 Å². The van der Waals surface area contributed by atoms with Gasteiger partial charge < -0.3 is 4.74 Å². The van der Waals surface area contributed by atoms with Crippen molar-refractivity contribution in [3.63, 3.8) is 0 Å². The summed E-state index contributed by atoms with van der Waals surface area (Å²) < 4.78 is 30.4. The van der Waals surface area contributed by atoms with E-state index >= 15 is 0 Å². The minimum Gasteiger partial charge on any atom is -0.489 e. The first kappa shape index (κ1) is 27.6. The van der Waals surface area contributed by atoms with E-state index in [9.17, 15) is 18.0 Å². The summed E-state index contributed by atoms with van der Waals surface area (Å²) in [5.41, 5.74) is 0.530. The molecule has 0 unspecified atom stereocenters. The number of hydrogen-bond donors (Lipinski definition) is 0. The van der Waals surface area contributed by atoms with Gasteiger partial charge >= 0.3 is 6.03 Å². The second-order valence-electron chi connectivity index (χ2n) is 9.39. The third kappa shape index (κ3) is 5.26. The molecule has 1 fully saturated rings. The topological polar surface area (TPSA) is 84.0 Å². The predicted octanol–water partition coefficient (Wildman–Crippen LogP) is 5.44. The van der Waals surface area contributed by atoms with Crippen LogP contribution in [-0.2, 0) is 26.8 Å². The Bertz CT molecular complexity index is 1240. The van der Waals surface area contributed by atoms with Gasteiger partial charge in [0.2, 0.25) is 10.0 Å². The highest BCUT2D eigenvalue weighted by molar-refractivity contribution is 7.89. The number of carbonyl (C=O) groups is 2. The van der Waals surface area contributed by atoms with Crippen LogP contribution in [0.15, 0.2) is 36.4 Å². The number of imide groups is 1. The lowest BCUT2D eigenvalue weighted by Crippen LogP contribution is -2.47. The summed E-state index contributed by atoms with van der Waals surface area (Å²) >= 11 is 18.5. The van der Waals surface area contributed by atoms with E-state index < -0.39 is 32.9 Å². The van der Waals surface area contributed by atoms with Crippen molar-refractivity contribution in [2.24, 2.45) is 0 Å². The zero-order valence-electron chi connectivity index (χ0n) is 20.1. The largest absolute Gasteiger partial charge is 0.489 e. The second kappa shape index (κ2) is 9.81. The van der Waals surface area contributed by atoms with Gasteiger partial charge in [0.15, 0.2) is 5.75 Å². The quantitative estimate of drug-likeness (QED) is 0.317. The lowest BCUT2D eigenvalue weighted by molar-refractivity contribution is -0.131. The maximum absolute atomic E-state index is 12.8. The van der Waals surface area contributed by atoms with Crippen molar-refractivity contribution in [1.29, 1.82) is 0 Å². The summed E-state index contributed by atoms with van der Waals surface area (Å²) in [6, 6.07) is 10.1. The molecule has 11 heteroatoms. The Labute approximate surface area is 220 Å². The molecule has 1 aliphatic rings. The van der Waals surface area contributed by atoms with Gasteiger partial charge in [-0.3, -0.25) is 9.69 Å². The van der Waals surface area contributed by atoms with E-state index in [1.54, 1.807) is 24.3 Å². The van der Waals surface area contributed by atoms with Crippen LogP contribution in [0.3, 0.4) is 0 Å². The van der Waals surface area contributed by atoms with Gasteiger partial charge in [-0.15, -0.1) is 11.6 Å². The fourth-order valence-electron chi connectivity index (χ4n) is 4.12. The molecule has 1 heterocycles. The van der Waals surface area contributed by atoms with Crippen molar-refractivity contribution in [3.05, 3.63) is 63.1 Å². The Hall–Kier alpha value is -2.00. The third-order valence-corrected chi connectivity index (χ3v) is 8.06. The molecule has 0 atom stereocenters. The molecule has 1 saturated heterocycles. The molecule has 3 rings (SSSR count). The highest BCUT2D eigenvalue weighted by Gasteiger charge is 2.55. The number of sulfonamides is 1. The molecule has 0 spiro atoms. The van der Waals surface area contributed by atoms with E-state index in [2.05, 4.69) is 0 Å². The number of nitrogens with zero attached hydrogens (tertiary/aromatic N) is 2. The van der Waals surface area contributed by atoms with Gasteiger partial charge in [-0.2, -0.15) is 0 Å². The Kier molecular flexibility index (Phi) is 7.73. The zero-order valence-corrected chi connectivity index (χ0v) is 23.1. The molecular weight excluding hydrogens is 535 g/mol. The lowest BCUT2D eigenvalue weighted by Gasteiger charge is -2.27. The van der Waals surface area contributed by atoms with Crippen LogP contribution in [-0.4, -0.2) is 53.8 Å². The Morgan fingerprint density at radius 3 is 2.00 bits per heavy atom. The first-order valence-electron chi connectivity index (χ1n) is 10.8. The molecule has 2 aromatic rings. The first-order valence-corrected chi connectivity index (χ1v) is 13.9. The number of ether oxygens (including phenoxy) is 1. The van der Waals surface area contributed by atoms with Crippen molar-refractivity contribution in [3.8, 4) is 5.75 Å². The molecule has 0 N–H and O–H groups in total. The van der Waals surface area contributed by atoms with Crippen molar-refractivity contribution in [2.75, 3.05) is 18.7 Å². The molecule has 2 aromatic carbocycles. The van der Waals surface area contributed by atoms with Crippen molar-refractivity contribution >= 4 is 56.8 Å². The van der Waals surface area contributed by atoms with Gasteiger partial charge in [0, 0.05) is 5.41 Å². The maximum atomic E-state index is 12.8. The van der Waals surface area contributed by atoms with Crippen LogP contribution < -0.4 is 4.74 Å². The number of rotatable bonds is 8. The summed E-state index contributed by atoms with van der Waals surface area (Å²) in [5, 5.41) is 0.762. The summed E-state index contributed by atoms with van der Waals surface area (Å²) in [4.78, 5) is 26.5. The summed E-state index contributed by atoms with van der Waals surface area (Å²) in [5.74, 6) is 0.123. The Morgan fingerprint density at radius 2 is 1.54 bits per heavy atom. The third-order valence-electron chi connectivity index (χ3n) is 6.07. The van der Waals surface area contributed by atoms with E-state index in [-0.39, 0.29) is 13.2 Å². The molecule has 190 valence electrons. The summed E-state index contributed by atoms with van der Waals surface area (Å²) in [6.07, 6.45) is 0.912. The highest BCUT2D eigenvalue weighted by Crippen LogP contribution is 2.40. The number of halogens is 3. The average Bonchev–Trinajstić information content (AvgIpc) is 2.92. The summed E-state index contributed by atoms with van der Waals surface area (Å²) in [7, 11) is -3.91. The molecule has 0 radical (unpaired) electrons. The molecule has 7 nitrogen and oxygen atoms in total. The molecule has 1 aliphatic heterocycles. The number of carbonyl (C=O) groups excluding carboxylic acids is 2. The average molecular weight is 562 g/mol. The van der Waals surface area contributed by atoms with E-state index in [4.69, 9.17) is 39.5 Å². The number of alkyl halides is 1. The van der Waals surface area contributed by atoms with Gasteiger partial charge in [-0.05, 0) is 42.7 Å². The van der Waals surface area contributed by atoms with E-state index in [0.29, 0.717) is 31.5 Å². The normalized spacial score (nSPS) is 16.2. The molecule has 3 amide bonds. The van der Waals surface area contributed by atoms with Crippen LogP contribution in [0.4, 0.5) is 4.79 Å². The number of amides is 3. The van der Waals surface area contributed by atoms with Gasteiger partial charge in [0.05, 0.1) is 28.7 Å². The van der Waals surface area contributed by atoms with E-state index in [1.165, 1.54) is 13.8 Å².